The zero-order valence-corrected chi connectivity index (χ0v) is 11.5. The number of hydrogen-bond donors (Lipinski definition) is 2. The Morgan fingerprint density at radius 1 is 1.05 bits per heavy atom. The average Bonchev–Trinajstić information content (AvgIpc) is 2.52. The van der Waals surface area contributed by atoms with Crippen molar-refractivity contribution in [2.45, 2.75) is 6.54 Å². The molecule has 2 rings (SSSR count). The van der Waals surface area contributed by atoms with Crippen molar-refractivity contribution in [2.75, 3.05) is 0 Å². The number of nitrogens with one attached hydrogen (secondary N) is 1. The fourth-order valence-corrected chi connectivity index (χ4v) is 1.82. The lowest BCUT2D eigenvalue weighted by atomic mass is 10.1. The monoisotopic (exact) mass is 280 g/mol. The van der Waals surface area contributed by atoms with Crippen molar-refractivity contribution in [3.8, 4) is 0 Å². The summed E-state index contributed by atoms with van der Waals surface area (Å²) in [4.78, 5) is 22.8. The lowest BCUT2D eigenvalue weighted by Gasteiger charge is -2.04. The molecule has 2 aromatic carbocycles. The Balaban J connectivity index is 1.91. The van der Waals surface area contributed by atoms with Gasteiger partial charge in [-0.3, -0.25) is 9.59 Å². The molecule has 0 aliphatic heterocycles. The quantitative estimate of drug-likeness (QED) is 0.823. The minimum atomic E-state index is -0.479. The van der Waals surface area contributed by atoms with E-state index in [1.807, 2.05) is 36.4 Å². The van der Waals surface area contributed by atoms with Gasteiger partial charge < -0.3 is 11.1 Å². The number of nitrogens with two attached hydrogens (primary N) is 1. The molecular formula is C17H16N2O2. The third-order valence-electron chi connectivity index (χ3n) is 2.90. The van der Waals surface area contributed by atoms with E-state index in [4.69, 9.17) is 5.73 Å². The van der Waals surface area contributed by atoms with E-state index in [1.54, 1.807) is 24.3 Å². The van der Waals surface area contributed by atoms with Crippen molar-refractivity contribution >= 4 is 17.9 Å². The molecule has 0 atom stereocenters. The van der Waals surface area contributed by atoms with Crippen LogP contribution in [0.5, 0.6) is 0 Å². The summed E-state index contributed by atoms with van der Waals surface area (Å²) < 4.78 is 0. The van der Waals surface area contributed by atoms with E-state index in [2.05, 4.69) is 5.32 Å². The van der Waals surface area contributed by atoms with E-state index in [0.717, 1.165) is 11.1 Å². The number of hydrogen-bond acceptors (Lipinski definition) is 2. The minimum Gasteiger partial charge on any atom is -0.366 e. The number of carbonyl (C=O) groups is 2. The highest BCUT2D eigenvalue weighted by molar-refractivity contribution is 5.93. The van der Waals surface area contributed by atoms with E-state index in [-0.39, 0.29) is 5.91 Å². The van der Waals surface area contributed by atoms with Gasteiger partial charge in [0.2, 0.25) is 11.8 Å². The zero-order chi connectivity index (χ0) is 15.1. The van der Waals surface area contributed by atoms with Crippen LogP contribution in [0.1, 0.15) is 21.5 Å². The van der Waals surface area contributed by atoms with Gasteiger partial charge in [-0.05, 0) is 29.3 Å². The predicted octanol–water partition coefficient (Wildman–Crippen LogP) is 2.12. The molecule has 0 spiro atoms. The van der Waals surface area contributed by atoms with Crippen LogP contribution in [0.15, 0.2) is 60.7 Å². The molecule has 4 nitrogen and oxygen atoms in total. The lowest BCUT2D eigenvalue weighted by molar-refractivity contribution is -0.116. The molecule has 0 aliphatic carbocycles. The Kier molecular flexibility index (Phi) is 4.88. The standard InChI is InChI=1S/C17H16N2O2/c18-17(21)15-8-4-7-14(11-15)12-19-16(20)10-9-13-5-2-1-3-6-13/h1-11H,12H2,(H2,18,21)(H,19,20)/b10-9+. The maximum Gasteiger partial charge on any atom is 0.248 e. The Bertz CT molecular complexity index is 664. The Morgan fingerprint density at radius 3 is 2.52 bits per heavy atom. The Hall–Kier alpha value is -2.88. The van der Waals surface area contributed by atoms with Crippen LogP contribution in [0, 0.1) is 0 Å². The van der Waals surface area contributed by atoms with Crippen molar-refractivity contribution in [3.05, 3.63) is 77.4 Å². The van der Waals surface area contributed by atoms with Crippen LogP contribution in [-0.2, 0) is 11.3 Å². The maximum atomic E-state index is 11.7. The largest absolute Gasteiger partial charge is 0.366 e. The molecule has 0 bridgehead atoms. The van der Waals surface area contributed by atoms with Gasteiger partial charge >= 0.3 is 0 Å². The SMILES string of the molecule is NC(=O)c1cccc(CNC(=O)/C=C/c2ccccc2)c1. The first kappa shape index (κ1) is 14.5. The summed E-state index contributed by atoms with van der Waals surface area (Å²) in [6.45, 7) is 0.346. The summed E-state index contributed by atoms with van der Waals surface area (Å²) in [5.41, 5.74) is 7.43. The molecule has 21 heavy (non-hydrogen) atoms. The van der Waals surface area contributed by atoms with Gasteiger partial charge in [0, 0.05) is 18.2 Å². The molecule has 0 saturated heterocycles. The molecule has 0 unspecified atom stereocenters. The number of benzene rings is 2. The van der Waals surface area contributed by atoms with E-state index in [1.165, 1.54) is 6.08 Å². The highest BCUT2D eigenvalue weighted by atomic mass is 16.1. The molecular weight excluding hydrogens is 264 g/mol. The third kappa shape index (κ3) is 4.62. The smallest absolute Gasteiger partial charge is 0.248 e. The van der Waals surface area contributed by atoms with Crippen molar-refractivity contribution in [3.63, 3.8) is 0 Å². The fraction of sp³-hybridized carbons (Fsp3) is 0.0588. The van der Waals surface area contributed by atoms with Crippen molar-refractivity contribution < 1.29 is 9.59 Å². The van der Waals surface area contributed by atoms with Crippen molar-refractivity contribution in [2.24, 2.45) is 5.73 Å². The van der Waals surface area contributed by atoms with Gasteiger partial charge in [0.05, 0.1) is 0 Å². The summed E-state index contributed by atoms with van der Waals surface area (Å²) >= 11 is 0. The van der Waals surface area contributed by atoms with Crippen LogP contribution in [-0.4, -0.2) is 11.8 Å². The first-order valence-electron chi connectivity index (χ1n) is 6.55. The summed E-state index contributed by atoms with van der Waals surface area (Å²) in [6, 6.07) is 16.4. The molecule has 3 N–H and O–H groups in total. The highest BCUT2D eigenvalue weighted by Gasteiger charge is 2.02. The molecule has 0 radical (unpaired) electrons. The number of amides is 2. The van der Waals surface area contributed by atoms with E-state index in [9.17, 15) is 9.59 Å². The topological polar surface area (TPSA) is 72.2 Å². The van der Waals surface area contributed by atoms with Crippen LogP contribution in [0.3, 0.4) is 0 Å². The maximum absolute atomic E-state index is 11.7. The number of carbonyl (C=O) groups excluding carboxylic acids is 2. The van der Waals surface area contributed by atoms with Crippen molar-refractivity contribution in [1.29, 1.82) is 0 Å². The second-order valence-electron chi connectivity index (χ2n) is 4.53. The second kappa shape index (κ2) is 7.05. The van der Waals surface area contributed by atoms with Crippen LogP contribution in [0.25, 0.3) is 6.08 Å². The van der Waals surface area contributed by atoms with Crippen LogP contribution < -0.4 is 11.1 Å². The fourth-order valence-electron chi connectivity index (χ4n) is 1.82. The predicted molar refractivity (Wildman–Crippen MR) is 82.3 cm³/mol. The number of primary amides is 1. The number of rotatable bonds is 5. The Morgan fingerprint density at radius 2 is 1.81 bits per heavy atom. The van der Waals surface area contributed by atoms with Crippen LogP contribution >= 0.6 is 0 Å². The van der Waals surface area contributed by atoms with E-state index < -0.39 is 5.91 Å². The molecule has 106 valence electrons. The first-order valence-corrected chi connectivity index (χ1v) is 6.55. The van der Waals surface area contributed by atoms with Gasteiger partial charge in [-0.2, -0.15) is 0 Å². The van der Waals surface area contributed by atoms with Gasteiger partial charge in [-0.1, -0.05) is 42.5 Å². The van der Waals surface area contributed by atoms with Gasteiger partial charge in [0.15, 0.2) is 0 Å². The molecule has 0 saturated carbocycles. The molecule has 0 aromatic heterocycles. The van der Waals surface area contributed by atoms with Gasteiger partial charge in [0.25, 0.3) is 0 Å². The van der Waals surface area contributed by atoms with Gasteiger partial charge in [0.1, 0.15) is 0 Å². The lowest BCUT2D eigenvalue weighted by Crippen LogP contribution is -2.20. The highest BCUT2D eigenvalue weighted by Crippen LogP contribution is 2.05. The summed E-state index contributed by atoms with van der Waals surface area (Å²) in [7, 11) is 0. The molecule has 2 amide bonds. The summed E-state index contributed by atoms with van der Waals surface area (Å²) in [6.07, 6.45) is 3.22. The molecule has 2 aromatic rings. The van der Waals surface area contributed by atoms with Crippen molar-refractivity contribution in [1.82, 2.24) is 5.32 Å². The molecule has 0 fully saturated rings. The molecule has 0 aliphatic rings. The first-order chi connectivity index (χ1) is 10.1. The van der Waals surface area contributed by atoms with Crippen LogP contribution in [0.4, 0.5) is 0 Å². The van der Waals surface area contributed by atoms with Gasteiger partial charge in [-0.25, -0.2) is 0 Å². The zero-order valence-electron chi connectivity index (χ0n) is 11.5. The average molecular weight is 280 g/mol. The summed E-state index contributed by atoms with van der Waals surface area (Å²) in [5, 5.41) is 2.76. The molecule has 0 heterocycles. The van der Waals surface area contributed by atoms with Gasteiger partial charge in [-0.15, -0.1) is 0 Å². The second-order valence-corrected chi connectivity index (χ2v) is 4.53. The summed E-state index contributed by atoms with van der Waals surface area (Å²) in [5.74, 6) is -0.671. The van der Waals surface area contributed by atoms with Crippen LogP contribution in [0.2, 0.25) is 0 Å². The third-order valence-corrected chi connectivity index (χ3v) is 2.90. The normalized spacial score (nSPS) is 10.5. The Labute approximate surface area is 123 Å². The van der Waals surface area contributed by atoms with E-state index >= 15 is 0 Å². The minimum absolute atomic E-state index is 0.191. The van der Waals surface area contributed by atoms with E-state index in [0.29, 0.717) is 12.1 Å². The molecule has 4 heteroatoms.